The lowest BCUT2D eigenvalue weighted by atomic mass is 10.0. The smallest absolute Gasteiger partial charge is 0.418 e. The van der Waals surface area contributed by atoms with E-state index in [2.05, 4.69) is 31.5 Å². The molecule has 0 radical (unpaired) electrons. The first kappa shape index (κ1) is 33.8. The third-order valence-corrected chi connectivity index (χ3v) is 11.1. The van der Waals surface area contributed by atoms with Crippen molar-refractivity contribution in [2.75, 3.05) is 63.4 Å². The Labute approximate surface area is 283 Å². The molecule has 16 heteroatoms. The number of thiophene rings is 1. The minimum Gasteiger partial charge on any atom is -0.436 e. The lowest BCUT2D eigenvalue weighted by Crippen LogP contribution is -2.56. The van der Waals surface area contributed by atoms with E-state index >= 15 is 0 Å². The number of piperazine rings is 1. The topological polar surface area (TPSA) is 123 Å². The van der Waals surface area contributed by atoms with Gasteiger partial charge in [0.25, 0.3) is 5.91 Å². The maximum Gasteiger partial charge on any atom is 0.418 e. The monoisotopic (exact) mass is 741 g/mol. The van der Waals surface area contributed by atoms with Crippen LogP contribution in [0.5, 0.6) is 0 Å². The van der Waals surface area contributed by atoms with Crippen molar-refractivity contribution in [3.05, 3.63) is 44.1 Å². The van der Waals surface area contributed by atoms with Gasteiger partial charge in [0, 0.05) is 73.2 Å². The number of amides is 4. The van der Waals surface area contributed by atoms with E-state index in [1.165, 1.54) is 22.3 Å². The van der Waals surface area contributed by atoms with Crippen LogP contribution in [0.3, 0.4) is 0 Å². The van der Waals surface area contributed by atoms with Crippen LogP contribution in [0.1, 0.15) is 42.4 Å². The van der Waals surface area contributed by atoms with Crippen molar-refractivity contribution in [3.63, 3.8) is 0 Å². The molecule has 1 aromatic heterocycles. The van der Waals surface area contributed by atoms with Gasteiger partial charge in [0.15, 0.2) is 6.10 Å². The minimum absolute atomic E-state index is 0.0498. The second-order valence-corrected chi connectivity index (χ2v) is 14.1. The van der Waals surface area contributed by atoms with Crippen molar-refractivity contribution in [1.29, 1.82) is 0 Å². The standard InChI is InChI=1S/C31H39BrF3N7O4S/c32-24-14-19(13-23(27(24)36)31(33,34)35)15-26(28(43)40-11-9-39(10-12-40)21-1-5-37-6-2-21)46-30(45)41-7-3-22(4-8-41)42-16-20-17-47-18-25(20)38-29(42)44/h13-14,17-18,21-22,26,37H,1-12,15-16,36H2,(H,38,44)/t26-/m1/s1. The number of rotatable bonds is 6. The van der Waals surface area contributed by atoms with Crippen LogP contribution < -0.4 is 16.4 Å². The van der Waals surface area contributed by atoms with Crippen molar-refractivity contribution in [3.8, 4) is 0 Å². The summed E-state index contributed by atoms with van der Waals surface area (Å²) in [5.74, 6) is -0.434. The first-order chi connectivity index (χ1) is 22.5. The number of carbonyl (C=O) groups excluding carboxylic acids is 3. The van der Waals surface area contributed by atoms with Gasteiger partial charge < -0.3 is 35.8 Å². The maximum atomic E-state index is 13.9. The zero-order chi connectivity index (χ0) is 33.3. The highest BCUT2D eigenvalue weighted by Gasteiger charge is 2.38. The van der Waals surface area contributed by atoms with E-state index in [0.29, 0.717) is 64.7 Å². The number of nitrogen functional groups attached to an aromatic ring is 1. The summed E-state index contributed by atoms with van der Waals surface area (Å²) in [7, 11) is 0. The van der Waals surface area contributed by atoms with Crippen LogP contribution in [0.25, 0.3) is 0 Å². The van der Waals surface area contributed by atoms with Crippen LogP contribution in [0.2, 0.25) is 0 Å². The number of anilines is 2. The van der Waals surface area contributed by atoms with Crippen molar-refractivity contribution in [1.82, 2.24) is 24.9 Å². The van der Waals surface area contributed by atoms with Crippen molar-refractivity contribution in [2.45, 2.75) is 63.0 Å². The second-order valence-electron chi connectivity index (χ2n) is 12.5. The molecule has 6 rings (SSSR count). The van der Waals surface area contributed by atoms with Crippen LogP contribution in [0.4, 0.5) is 34.1 Å². The lowest BCUT2D eigenvalue weighted by Gasteiger charge is -2.42. The van der Waals surface area contributed by atoms with E-state index < -0.39 is 35.5 Å². The largest absolute Gasteiger partial charge is 0.436 e. The number of piperidine rings is 2. The number of fused-ring (bicyclic) bond motifs is 1. The Bertz CT molecular complexity index is 1470. The summed E-state index contributed by atoms with van der Waals surface area (Å²) >= 11 is 4.65. The summed E-state index contributed by atoms with van der Waals surface area (Å²) in [6, 6.07) is 2.55. The number of hydrogen-bond acceptors (Lipinski definition) is 8. The first-order valence-electron chi connectivity index (χ1n) is 15.9. The van der Waals surface area contributed by atoms with E-state index in [9.17, 15) is 27.6 Å². The maximum absolute atomic E-state index is 13.9. The Morgan fingerprint density at radius 1 is 1.00 bits per heavy atom. The molecule has 4 aliphatic rings. The zero-order valence-electron chi connectivity index (χ0n) is 25.9. The molecular weight excluding hydrogens is 703 g/mol. The van der Waals surface area contributed by atoms with Gasteiger partial charge in [0.2, 0.25) is 0 Å². The predicted molar refractivity (Wildman–Crippen MR) is 175 cm³/mol. The van der Waals surface area contributed by atoms with Gasteiger partial charge in [-0.05, 0) is 77.8 Å². The number of halogens is 4. The van der Waals surface area contributed by atoms with Crippen LogP contribution in [-0.4, -0.2) is 108 Å². The SMILES string of the molecule is Nc1c(Br)cc(C[C@@H](OC(=O)N2CCC(N3Cc4cscc4NC3=O)CC2)C(=O)N2CCN(C3CCNCC3)CC2)cc1C(F)(F)F. The number of carbonyl (C=O) groups is 3. The Balaban J connectivity index is 1.13. The molecule has 1 atom stereocenters. The van der Waals surface area contributed by atoms with Crippen LogP contribution in [0, 0.1) is 0 Å². The molecule has 1 aromatic carbocycles. The van der Waals surface area contributed by atoms with Crippen molar-refractivity contribution >= 4 is 56.7 Å². The molecule has 47 heavy (non-hydrogen) atoms. The lowest BCUT2D eigenvalue weighted by molar-refractivity contribution is -0.143. The Hall–Kier alpha value is -3.08. The van der Waals surface area contributed by atoms with E-state index in [0.717, 1.165) is 43.2 Å². The van der Waals surface area contributed by atoms with Crippen molar-refractivity contribution < 1.29 is 32.3 Å². The van der Waals surface area contributed by atoms with Crippen LogP contribution >= 0.6 is 27.3 Å². The molecule has 3 saturated heterocycles. The van der Waals surface area contributed by atoms with Gasteiger partial charge in [0.05, 0.1) is 23.5 Å². The molecule has 2 aromatic rings. The highest BCUT2D eigenvalue weighted by Crippen LogP contribution is 2.38. The van der Waals surface area contributed by atoms with E-state index in [4.69, 9.17) is 10.5 Å². The normalized spacial score (nSPS) is 20.9. The van der Waals surface area contributed by atoms with Gasteiger partial charge in [-0.3, -0.25) is 9.69 Å². The molecule has 4 aliphatic heterocycles. The average Bonchev–Trinajstić information content (AvgIpc) is 3.52. The summed E-state index contributed by atoms with van der Waals surface area (Å²) in [6.45, 7) is 5.25. The molecule has 0 aliphatic carbocycles. The van der Waals surface area contributed by atoms with Crippen molar-refractivity contribution in [2.24, 2.45) is 0 Å². The van der Waals surface area contributed by atoms with Gasteiger partial charge >= 0.3 is 18.3 Å². The molecule has 0 spiro atoms. The third-order valence-electron chi connectivity index (χ3n) is 9.63. The fraction of sp³-hybridized carbons (Fsp3) is 0.581. The second kappa shape index (κ2) is 14.2. The van der Waals surface area contributed by atoms with Gasteiger partial charge in [0.1, 0.15) is 0 Å². The molecule has 0 saturated carbocycles. The highest BCUT2D eigenvalue weighted by molar-refractivity contribution is 9.10. The Morgan fingerprint density at radius 3 is 2.38 bits per heavy atom. The summed E-state index contributed by atoms with van der Waals surface area (Å²) < 4.78 is 47.2. The number of likely N-dealkylation sites (tertiary alicyclic amines) is 1. The number of nitrogens with zero attached hydrogens (tertiary/aromatic N) is 4. The average molecular weight is 743 g/mol. The molecule has 11 nitrogen and oxygen atoms in total. The quantitative estimate of drug-likeness (QED) is 0.371. The van der Waals surface area contributed by atoms with Gasteiger partial charge in [-0.1, -0.05) is 0 Å². The number of ether oxygens (including phenoxy) is 1. The van der Waals surface area contributed by atoms with Gasteiger partial charge in [-0.15, -0.1) is 11.3 Å². The molecule has 4 N–H and O–H groups in total. The molecule has 256 valence electrons. The number of urea groups is 1. The third kappa shape index (κ3) is 7.65. The predicted octanol–water partition coefficient (Wildman–Crippen LogP) is 4.57. The number of nitrogens with two attached hydrogens (primary N) is 1. The zero-order valence-corrected chi connectivity index (χ0v) is 28.3. The Morgan fingerprint density at radius 2 is 1.70 bits per heavy atom. The Kier molecular flexibility index (Phi) is 10.2. The number of benzene rings is 1. The molecule has 0 unspecified atom stereocenters. The number of hydrogen-bond donors (Lipinski definition) is 3. The van der Waals surface area contributed by atoms with E-state index in [1.807, 2.05) is 10.8 Å². The summed E-state index contributed by atoms with van der Waals surface area (Å²) in [5, 5.41) is 10.2. The fourth-order valence-corrected chi connectivity index (χ4v) is 8.24. The van der Waals surface area contributed by atoms with E-state index in [-0.39, 0.29) is 28.5 Å². The summed E-state index contributed by atoms with van der Waals surface area (Å²) in [4.78, 5) is 47.4. The number of alkyl halides is 3. The summed E-state index contributed by atoms with van der Waals surface area (Å²) in [6.07, 6.45) is -3.85. The molecule has 4 amide bonds. The molecular formula is C31H39BrF3N7O4S. The van der Waals surface area contributed by atoms with Crippen LogP contribution in [-0.2, 0) is 28.7 Å². The van der Waals surface area contributed by atoms with Gasteiger partial charge in [-0.25, -0.2) is 9.59 Å². The van der Waals surface area contributed by atoms with Gasteiger partial charge in [-0.2, -0.15) is 13.2 Å². The highest BCUT2D eigenvalue weighted by atomic mass is 79.9. The minimum atomic E-state index is -4.70. The van der Waals surface area contributed by atoms with Crippen LogP contribution in [0.15, 0.2) is 27.4 Å². The molecule has 5 heterocycles. The molecule has 0 bridgehead atoms. The molecule has 3 fully saturated rings. The number of nitrogens with one attached hydrogen (secondary N) is 2. The summed E-state index contributed by atoms with van der Waals surface area (Å²) in [5.41, 5.74) is 6.30. The van der Waals surface area contributed by atoms with E-state index in [1.54, 1.807) is 9.80 Å². The first-order valence-corrected chi connectivity index (χ1v) is 17.7. The fourth-order valence-electron chi connectivity index (χ4n) is 6.95.